The summed E-state index contributed by atoms with van der Waals surface area (Å²) in [6.07, 6.45) is 14.8. The molecule has 4 aliphatic rings. The van der Waals surface area contributed by atoms with E-state index in [9.17, 15) is 14.0 Å². The lowest BCUT2D eigenvalue weighted by atomic mass is 9.60. The van der Waals surface area contributed by atoms with Gasteiger partial charge >= 0.3 is 0 Å². The number of hydrogen-bond acceptors (Lipinski definition) is 5. The number of carbonyl (C=O) groups excluding carboxylic acids is 2. The number of nitrogens with one attached hydrogen (secondary N) is 2. The number of fused-ring (bicyclic) bond motifs is 1. The zero-order chi connectivity index (χ0) is 30.3. The summed E-state index contributed by atoms with van der Waals surface area (Å²) in [5.41, 5.74) is 5.62. The summed E-state index contributed by atoms with van der Waals surface area (Å²) in [5.74, 6) is 1.07. The van der Waals surface area contributed by atoms with Crippen LogP contribution in [-0.4, -0.2) is 66.0 Å². The summed E-state index contributed by atoms with van der Waals surface area (Å²) in [6.45, 7) is 7.91. The first-order valence-electron chi connectivity index (χ1n) is 16.6. The first-order chi connectivity index (χ1) is 21.4. The lowest BCUT2D eigenvalue weighted by Crippen LogP contribution is -2.49. The molecule has 2 aliphatic carbocycles. The minimum atomic E-state index is -0.135. The number of aryl methyl sites for hydroxylation is 1. The predicted molar refractivity (Wildman–Crippen MR) is 171 cm³/mol. The molecule has 1 aromatic carbocycles. The molecule has 44 heavy (non-hydrogen) atoms. The van der Waals surface area contributed by atoms with E-state index in [0.717, 1.165) is 41.6 Å². The monoisotopic (exact) mass is 600 g/mol. The van der Waals surface area contributed by atoms with Gasteiger partial charge in [0.1, 0.15) is 11.5 Å². The van der Waals surface area contributed by atoms with E-state index < -0.39 is 0 Å². The van der Waals surface area contributed by atoms with Crippen LogP contribution in [0.15, 0.2) is 36.7 Å². The fraction of sp³-hybridized carbons (Fsp3) is 0.571. The van der Waals surface area contributed by atoms with Crippen LogP contribution >= 0.6 is 0 Å². The lowest BCUT2D eigenvalue weighted by Gasteiger charge is -2.53. The Balaban J connectivity index is 0.920. The molecule has 0 atom stereocenters. The Morgan fingerprint density at radius 2 is 1.84 bits per heavy atom. The van der Waals surface area contributed by atoms with E-state index in [1.807, 2.05) is 6.92 Å². The summed E-state index contributed by atoms with van der Waals surface area (Å²) in [4.78, 5) is 32.7. The zero-order valence-corrected chi connectivity index (χ0v) is 25.9. The molecule has 3 aromatic rings. The smallest absolute Gasteiger partial charge is 0.226 e. The molecule has 2 aliphatic heterocycles. The van der Waals surface area contributed by atoms with Gasteiger partial charge in [0.15, 0.2) is 0 Å². The van der Waals surface area contributed by atoms with E-state index >= 15 is 0 Å². The van der Waals surface area contributed by atoms with Crippen LogP contribution in [0.25, 0.3) is 11.0 Å². The Morgan fingerprint density at radius 3 is 2.55 bits per heavy atom. The Hall–Kier alpha value is -3.46. The number of amides is 2. The van der Waals surface area contributed by atoms with Crippen molar-refractivity contribution in [2.24, 2.45) is 11.3 Å². The lowest BCUT2D eigenvalue weighted by molar-refractivity contribution is -0.116. The van der Waals surface area contributed by atoms with Gasteiger partial charge in [0.25, 0.3) is 0 Å². The van der Waals surface area contributed by atoms with Crippen LogP contribution in [0.3, 0.4) is 0 Å². The second kappa shape index (κ2) is 12.1. The van der Waals surface area contributed by atoms with Crippen molar-refractivity contribution in [3.8, 4) is 0 Å². The molecule has 2 saturated carbocycles. The van der Waals surface area contributed by atoms with E-state index in [2.05, 4.69) is 43.3 Å². The fourth-order valence-electron chi connectivity index (χ4n) is 8.08. The molecule has 7 rings (SSSR count). The number of pyridine rings is 1. The number of anilines is 2. The molecular weight excluding hydrogens is 555 g/mol. The van der Waals surface area contributed by atoms with Crippen molar-refractivity contribution >= 4 is 34.7 Å². The van der Waals surface area contributed by atoms with Crippen LogP contribution in [0, 0.1) is 24.1 Å². The zero-order valence-electron chi connectivity index (χ0n) is 25.9. The highest BCUT2D eigenvalue weighted by atomic mass is 19.1. The second-order valence-corrected chi connectivity index (χ2v) is 14.0. The van der Waals surface area contributed by atoms with Crippen LogP contribution in [0.4, 0.5) is 15.8 Å². The van der Waals surface area contributed by atoms with Crippen molar-refractivity contribution in [3.63, 3.8) is 0 Å². The van der Waals surface area contributed by atoms with E-state index in [1.54, 1.807) is 18.3 Å². The second-order valence-electron chi connectivity index (χ2n) is 14.0. The average molecular weight is 601 g/mol. The summed E-state index contributed by atoms with van der Waals surface area (Å²) in [5, 5.41) is 6.66. The van der Waals surface area contributed by atoms with E-state index in [-0.39, 0.29) is 18.1 Å². The molecule has 2 N–H and O–H groups in total. The summed E-state index contributed by atoms with van der Waals surface area (Å²) in [6, 6.07) is 7.97. The van der Waals surface area contributed by atoms with Crippen molar-refractivity contribution in [1.29, 1.82) is 0 Å². The molecule has 4 fully saturated rings. The topological polar surface area (TPSA) is 82.5 Å². The standard InChI is InChI=1S/C35H45FN6O2/c1-24-14-27(36)16-29(15-24)41-10-5-25(6-11-41)21-40-12-7-35(8-13-40)18-30(19-35)42-22-32(26-2-3-26)31-17-28(20-38-34(31)42)39-33(44)4-9-37-23-43/h14-17,20,22-23,25-26,30H,2-13,18-19,21H2,1H3,(H,37,43)(H,39,44). The van der Waals surface area contributed by atoms with Crippen LogP contribution < -0.4 is 15.5 Å². The first kappa shape index (κ1) is 29.3. The first-order valence-corrected chi connectivity index (χ1v) is 16.6. The number of piperidine rings is 2. The normalized spacial score (nSPS) is 21.0. The molecule has 0 unspecified atom stereocenters. The highest BCUT2D eigenvalue weighted by Gasteiger charge is 2.47. The Bertz CT molecular complexity index is 1490. The molecule has 0 bridgehead atoms. The minimum absolute atomic E-state index is 0.121. The van der Waals surface area contributed by atoms with E-state index in [1.165, 1.54) is 82.0 Å². The number of aromatic nitrogens is 2. The number of nitrogens with zero attached hydrogens (tertiary/aromatic N) is 4. The van der Waals surface area contributed by atoms with E-state index in [4.69, 9.17) is 4.98 Å². The van der Waals surface area contributed by atoms with Gasteiger partial charge in [0, 0.05) is 55.9 Å². The van der Waals surface area contributed by atoms with Crippen molar-refractivity contribution in [1.82, 2.24) is 19.8 Å². The Morgan fingerprint density at radius 1 is 1.07 bits per heavy atom. The highest BCUT2D eigenvalue weighted by Crippen LogP contribution is 2.56. The number of likely N-dealkylation sites (tertiary alicyclic amines) is 1. The molecule has 0 radical (unpaired) electrons. The van der Waals surface area contributed by atoms with Crippen LogP contribution in [0.1, 0.15) is 80.9 Å². The maximum Gasteiger partial charge on any atom is 0.226 e. The third kappa shape index (κ3) is 6.21. The summed E-state index contributed by atoms with van der Waals surface area (Å²) >= 11 is 0. The molecule has 8 nitrogen and oxygen atoms in total. The van der Waals surface area contributed by atoms with Gasteiger partial charge in [-0.25, -0.2) is 9.37 Å². The average Bonchev–Trinajstić information content (AvgIpc) is 3.77. The molecule has 9 heteroatoms. The van der Waals surface area contributed by atoms with Gasteiger partial charge in [-0.05, 0) is 124 Å². The summed E-state index contributed by atoms with van der Waals surface area (Å²) < 4.78 is 16.4. The van der Waals surface area contributed by atoms with Gasteiger partial charge in [0.05, 0.1) is 11.9 Å². The Labute approximate surface area is 259 Å². The third-order valence-corrected chi connectivity index (χ3v) is 10.8. The molecule has 234 valence electrons. The molecular formula is C35H45FN6O2. The molecule has 4 heterocycles. The minimum Gasteiger partial charge on any atom is -0.371 e. The van der Waals surface area contributed by atoms with Crippen LogP contribution in [0.5, 0.6) is 0 Å². The van der Waals surface area contributed by atoms with Gasteiger partial charge in [0.2, 0.25) is 12.3 Å². The Kier molecular flexibility index (Phi) is 8.08. The van der Waals surface area contributed by atoms with Crippen LogP contribution in [-0.2, 0) is 9.59 Å². The van der Waals surface area contributed by atoms with E-state index in [0.29, 0.717) is 30.3 Å². The molecule has 2 aromatic heterocycles. The number of rotatable bonds is 10. The fourth-order valence-corrected chi connectivity index (χ4v) is 8.08. The molecule has 2 saturated heterocycles. The van der Waals surface area contributed by atoms with Gasteiger partial charge in [-0.1, -0.05) is 0 Å². The SMILES string of the molecule is Cc1cc(F)cc(N2CCC(CN3CCC4(CC3)CC(n3cc(C5CC5)c5cc(NC(=O)CCNC=O)cnc53)C4)CC2)c1. The highest BCUT2D eigenvalue weighted by molar-refractivity contribution is 5.94. The quantitative estimate of drug-likeness (QED) is 0.228. The van der Waals surface area contributed by atoms with Crippen molar-refractivity contribution in [2.45, 2.75) is 76.7 Å². The van der Waals surface area contributed by atoms with Gasteiger partial charge in [-0.15, -0.1) is 0 Å². The van der Waals surface area contributed by atoms with Gasteiger partial charge in [-0.2, -0.15) is 0 Å². The third-order valence-electron chi connectivity index (χ3n) is 10.8. The molecule has 2 amide bonds. The van der Waals surface area contributed by atoms with Gasteiger partial charge < -0.3 is 25.0 Å². The van der Waals surface area contributed by atoms with Crippen molar-refractivity contribution < 1.29 is 14.0 Å². The predicted octanol–water partition coefficient (Wildman–Crippen LogP) is 5.77. The van der Waals surface area contributed by atoms with Crippen LogP contribution in [0.2, 0.25) is 0 Å². The molecule has 1 spiro atoms. The number of hydrogen-bond donors (Lipinski definition) is 2. The number of benzene rings is 1. The number of halogens is 1. The number of carbonyl (C=O) groups is 2. The van der Waals surface area contributed by atoms with Crippen molar-refractivity contribution in [3.05, 3.63) is 53.6 Å². The maximum absolute atomic E-state index is 13.9. The summed E-state index contributed by atoms with van der Waals surface area (Å²) in [7, 11) is 0. The van der Waals surface area contributed by atoms with Crippen molar-refractivity contribution in [2.75, 3.05) is 49.5 Å². The largest absolute Gasteiger partial charge is 0.371 e. The maximum atomic E-state index is 13.9. The van der Waals surface area contributed by atoms with Gasteiger partial charge in [-0.3, -0.25) is 9.59 Å².